The lowest BCUT2D eigenvalue weighted by Crippen LogP contribution is -2.14. The fourth-order valence-corrected chi connectivity index (χ4v) is 2.48. The summed E-state index contributed by atoms with van der Waals surface area (Å²) in [7, 11) is 0. The first kappa shape index (κ1) is 12.8. The molecule has 18 heavy (non-hydrogen) atoms. The van der Waals surface area contributed by atoms with Crippen LogP contribution in [0.5, 0.6) is 0 Å². The second-order valence-electron chi connectivity index (χ2n) is 4.97. The molecule has 0 aliphatic heterocycles. The normalized spacial score (nSPS) is 12.4. The molecule has 0 saturated heterocycles. The lowest BCUT2D eigenvalue weighted by Gasteiger charge is -2.16. The van der Waals surface area contributed by atoms with Crippen molar-refractivity contribution in [1.82, 2.24) is 4.98 Å². The zero-order valence-corrected chi connectivity index (χ0v) is 11.3. The minimum atomic E-state index is 0.0353. The summed E-state index contributed by atoms with van der Waals surface area (Å²) in [6.45, 7) is 6.45. The summed E-state index contributed by atoms with van der Waals surface area (Å²) in [6.07, 6.45) is 4.47. The van der Waals surface area contributed by atoms with Crippen LogP contribution >= 0.6 is 0 Å². The van der Waals surface area contributed by atoms with E-state index in [1.807, 2.05) is 12.1 Å². The standard InChI is InChI=1S/C16H20N2/c1-11-8-12(2)15(13(3)9-11)10-16(17)14-4-6-18-7-5-14/h4-9,16H,10,17H2,1-3H3. The van der Waals surface area contributed by atoms with Crippen molar-refractivity contribution in [1.29, 1.82) is 0 Å². The first-order chi connectivity index (χ1) is 8.58. The molecule has 1 atom stereocenters. The summed E-state index contributed by atoms with van der Waals surface area (Å²) in [6, 6.07) is 8.46. The van der Waals surface area contributed by atoms with E-state index in [1.54, 1.807) is 12.4 Å². The zero-order chi connectivity index (χ0) is 13.1. The molecule has 94 valence electrons. The Morgan fingerprint density at radius 1 is 1.06 bits per heavy atom. The largest absolute Gasteiger partial charge is 0.324 e. The van der Waals surface area contributed by atoms with Gasteiger partial charge in [0.2, 0.25) is 0 Å². The van der Waals surface area contributed by atoms with Crippen molar-refractivity contribution in [3.05, 3.63) is 64.5 Å². The van der Waals surface area contributed by atoms with E-state index in [-0.39, 0.29) is 6.04 Å². The summed E-state index contributed by atoms with van der Waals surface area (Å²) in [4.78, 5) is 4.03. The third-order valence-electron chi connectivity index (χ3n) is 3.40. The number of nitrogens with two attached hydrogens (primary N) is 1. The van der Waals surface area contributed by atoms with Gasteiger partial charge in [-0.25, -0.2) is 0 Å². The molecular weight excluding hydrogens is 220 g/mol. The highest BCUT2D eigenvalue weighted by Gasteiger charge is 2.11. The Hall–Kier alpha value is -1.67. The molecule has 0 amide bonds. The highest BCUT2D eigenvalue weighted by molar-refractivity contribution is 5.38. The molecule has 1 aromatic heterocycles. The maximum absolute atomic E-state index is 6.28. The number of hydrogen-bond donors (Lipinski definition) is 1. The van der Waals surface area contributed by atoms with Crippen LogP contribution < -0.4 is 5.73 Å². The molecule has 0 aliphatic rings. The van der Waals surface area contributed by atoms with Crippen molar-refractivity contribution < 1.29 is 0 Å². The Labute approximate surface area is 109 Å². The van der Waals surface area contributed by atoms with Crippen molar-refractivity contribution in [2.45, 2.75) is 33.2 Å². The van der Waals surface area contributed by atoms with E-state index in [2.05, 4.69) is 37.9 Å². The summed E-state index contributed by atoms with van der Waals surface area (Å²) < 4.78 is 0. The van der Waals surface area contributed by atoms with Crippen LogP contribution in [0.15, 0.2) is 36.7 Å². The number of aromatic nitrogens is 1. The lowest BCUT2D eigenvalue weighted by atomic mass is 9.92. The number of rotatable bonds is 3. The predicted molar refractivity (Wildman–Crippen MR) is 75.5 cm³/mol. The van der Waals surface area contributed by atoms with Gasteiger partial charge in [0.1, 0.15) is 0 Å². The number of benzene rings is 1. The smallest absolute Gasteiger partial charge is 0.0337 e. The van der Waals surface area contributed by atoms with Gasteiger partial charge < -0.3 is 5.73 Å². The van der Waals surface area contributed by atoms with Gasteiger partial charge >= 0.3 is 0 Å². The van der Waals surface area contributed by atoms with E-state index in [0.29, 0.717) is 0 Å². The molecule has 0 saturated carbocycles. The van der Waals surface area contributed by atoms with Gasteiger partial charge in [-0.1, -0.05) is 17.7 Å². The molecule has 0 spiro atoms. The second-order valence-corrected chi connectivity index (χ2v) is 4.97. The second kappa shape index (κ2) is 5.32. The fourth-order valence-electron chi connectivity index (χ4n) is 2.48. The van der Waals surface area contributed by atoms with Crippen molar-refractivity contribution in [3.8, 4) is 0 Å². The average molecular weight is 240 g/mol. The van der Waals surface area contributed by atoms with Crippen LogP contribution in [0.25, 0.3) is 0 Å². The van der Waals surface area contributed by atoms with E-state index in [1.165, 1.54) is 22.3 Å². The molecule has 2 N–H and O–H groups in total. The first-order valence-electron chi connectivity index (χ1n) is 6.30. The minimum Gasteiger partial charge on any atom is -0.324 e. The minimum absolute atomic E-state index is 0.0353. The molecule has 1 heterocycles. The van der Waals surface area contributed by atoms with Gasteiger partial charge in [0.15, 0.2) is 0 Å². The van der Waals surface area contributed by atoms with E-state index in [9.17, 15) is 0 Å². The van der Waals surface area contributed by atoms with Crippen LogP contribution in [0.3, 0.4) is 0 Å². The van der Waals surface area contributed by atoms with Crippen molar-refractivity contribution >= 4 is 0 Å². The highest BCUT2D eigenvalue weighted by Crippen LogP contribution is 2.22. The first-order valence-corrected chi connectivity index (χ1v) is 6.30. The Balaban J connectivity index is 2.25. The number of aryl methyl sites for hydroxylation is 3. The van der Waals surface area contributed by atoms with E-state index < -0.39 is 0 Å². The molecule has 2 aromatic rings. The number of hydrogen-bond acceptors (Lipinski definition) is 2. The molecule has 0 fully saturated rings. The highest BCUT2D eigenvalue weighted by atomic mass is 14.7. The maximum atomic E-state index is 6.28. The molecule has 0 bridgehead atoms. The van der Waals surface area contributed by atoms with Crippen LogP contribution in [0.1, 0.15) is 33.9 Å². The molecule has 2 nitrogen and oxygen atoms in total. The van der Waals surface area contributed by atoms with Crippen LogP contribution in [-0.4, -0.2) is 4.98 Å². The zero-order valence-electron chi connectivity index (χ0n) is 11.3. The monoisotopic (exact) mass is 240 g/mol. The van der Waals surface area contributed by atoms with Gasteiger partial charge in [0.05, 0.1) is 0 Å². The van der Waals surface area contributed by atoms with E-state index in [0.717, 1.165) is 12.0 Å². The van der Waals surface area contributed by atoms with Crippen molar-refractivity contribution in [2.24, 2.45) is 5.73 Å². The van der Waals surface area contributed by atoms with E-state index in [4.69, 9.17) is 5.73 Å². The van der Waals surface area contributed by atoms with Crippen LogP contribution in [0.4, 0.5) is 0 Å². The Morgan fingerprint density at radius 2 is 1.61 bits per heavy atom. The topological polar surface area (TPSA) is 38.9 Å². The summed E-state index contributed by atoms with van der Waals surface area (Å²) in [5.74, 6) is 0. The summed E-state index contributed by atoms with van der Waals surface area (Å²) in [5.41, 5.74) is 12.8. The predicted octanol–water partition coefficient (Wildman–Crippen LogP) is 3.25. The molecule has 0 aliphatic carbocycles. The van der Waals surface area contributed by atoms with Crippen molar-refractivity contribution in [2.75, 3.05) is 0 Å². The average Bonchev–Trinajstić information content (AvgIpc) is 2.34. The van der Waals surface area contributed by atoms with Gasteiger partial charge in [-0.3, -0.25) is 4.98 Å². The number of nitrogens with zero attached hydrogens (tertiary/aromatic N) is 1. The van der Waals surface area contributed by atoms with Crippen LogP contribution in [0, 0.1) is 20.8 Å². The summed E-state index contributed by atoms with van der Waals surface area (Å²) in [5, 5.41) is 0. The van der Waals surface area contributed by atoms with Crippen molar-refractivity contribution in [3.63, 3.8) is 0 Å². The summed E-state index contributed by atoms with van der Waals surface area (Å²) >= 11 is 0. The molecule has 1 aromatic carbocycles. The molecule has 2 heteroatoms. The van der Waals surface area contributed by atoms with E-state index >= 15 is 0 Å². The van der Waals surface area contributed by atoms with Gasteiger partial charge in [-0.2, -0.15) is 0 Å². The maximum Gasteiger partial charge on any atom is 0.0337 e. The molecule has 1 unspecified atom stereocenters. The van der Waals surface area contributed by atoms with Gasteiger partial charge in [-0.15, -0.1) is 0 Å². The Bertz CT molecular complexity index is 509. The quantitative estimate of drug-likeness (QED) is 0.894. The fraction of sp³-hybridized carbons (Fsp3) is 0.312. The number of pyridine rings is 1. The molecular formula is C16H20N2. The third-order valence-corrected chi connectivity index (χ3v) is 3.40. The lowest BCUT2D eigenvalue weighted by molar-refractivity contribution is 0.714. The SMILES string of the molecule is Cc1cc(C)c(CC(N)c2ccncc2)c(C)c1. The van der Waals surface area contributed by atoms with Crippen LogP contribution in [0.2, 0.25) is 0 Å². The Morgan fingerprint density at radius 3 is 2.17 bits per heavy atom. The Kier molecular flexibility index (Phi) is 3.78. The van der Waals surface area contributed by atoms with Crippen LogP contribution in [-0.2, 0) is 6.42 Å². The molecule has 0 radical (unpaired) electrons. The third kappa shape index (κ3) is 2.77. The van der Waals surface area contributed by atoms with Gasteiger partial charge in [0.25, 0.3) is 0 Å². The van der Waals surface area contributed by atoms with Gasteiger partial charge in [0, 0.05) is 18.4 Å². The van der Waals surface area contributed by atoms with Gasteiger partial charge in [-0.05, 0) is 61.6 Å². The molecule has 2 rings (SSSR count).